The molecule has 0 radical (unpaired) electrons. The molecule has 1 aliphatic heterocycles. The molecule has 6 nitrogen and oxygen atoms in total. The van der Waals surface area contributed by atoms with Crippen molar-refractivity contribution in [3.05, 3.63) is 48.0 Å². The van der Waals surface area contributed by atoms with Crippen molar-refractivity contribution in [2.75, 3.05) is 6.54 Å². The summed E-state index contributed by atoms with van der Waals surface area (Å²) in [5.41, 5.74) is 1.85. The monoisotopic (exact) mass is 353 g/mol. The van der Waals surface area contributed by atoms with E-state index in [1.165, 1.54) is 4.90 Å². The largest absolute Gasteiger partial charge is 0.337 e. The fourth-order valence-electron chi connectivity index (χ4n) is 2.80. The minimum absolute atomic E-state index is 0.0574. The third-order valence-electron chi connectivity index (χ3n) is 4.02. The third kappa shape index (κ3) is 3.25. The summed E-state index contributed by atoms with van der Waals surface area (Å²) < 4.78 is 24.8. The van der Waals surface area contributed by atoms with Crippen molar-refractivity contribution in [3.8, 4) is 5.69 Å². The van der Waals surface area contributed by atoms with Crippen LogP contribution in [0.25, 0.3) is 5.69 Å². The number of amides is 1. The number of para-hydroxylation sites is 1. The van der Waals surface area contributed by atoms with Crippen molar-refractivity contribution in [2.24, 2.45) is 0 Å². The van der Waals surface area contributed by atoms with Gasteiger partial charge in [-0.25, -0.2) is 13.4 Å². The molecule has 0 aliphatic carbocycles. The number of likely N-dealkylation sites (tertiary alicyclic amines) is 1. The maximum absolute atomic E-state index is 12.1. The van der Waals surface area contributed by atoms with E-state index in [-0.39, 0.29) is 18.9 Å². The number of aryl methyl sites for hydroxylation is 1. The average Bonchev–Trinajstić information content (AvgIpc) is 3.06. The second-order valence-electron chi connectivity index (χ2n) is 5.55. The van der Waals surface area contributed by atoms with Gasteiger partial charge in [0, 0.05) is 42.6 Å². The molecule has 1 saturated heterocycles. The molecule has 1 unspecified atom stereocenters. The first kappa shape index (κ1) is 16.0. The standard InChI is InChI=1S/C15H16ClN3O3S/c1-11-17-6-7-19(11)14-5-3-2-4-12(14)9-18-10-13(8-15(18)20)23(16,21)22/h2-7,13H,8-10H2,1H3. The van der Waals surface area contributed by atoms with E-state index in [0.717, 1.165) is 17.1 Å². The first-order valence-corrected chi connectivity index (χ1v) is 9.53. The summed E-state index contributed by atoms with van der Waals surface area (Å²) in [5, 5.41) is -0.834. The van der Waals surface area contributed by atoms with Gasteiger partial charge in [0.25, 0.3) is 0 Å². The maximum Gasteiger partial charge on any atom is 0.237 e. The van der Waals surface area contributed by atoms with Crippen LogP contribution in [0.2, 0.25) is 0 Å². The lowest BCUT2D eigenvalue weighted by Crippen LogP contribution is -2.27. The SMILES string of the molecule is Cc1nccn1-c1ccccc1CN1CC(S(=O)(=O)Cl)CC1=O. The zero-order chi connectivity index (χ0) is 16.6. The molecular weight excluding hydrogens is 338 g/mol. The van der Waals surface area contributed by atoms with Gasteiger partial charge in [-0.1, -0.05) is 18.2 Å². The number of benzene rings is 1. The van der Waals surface area contributed by atoms with Crippen molar-refractivity contribution in [2.45, 2.75) is 25.1 Å². The predicted molar refractivity (Wildman–Crippen MR) is 86.9 cm³/mol. The molecule has 1 amide bonds. The summed E-state index contributed by atoms with van der Waals surface area (Å²) in [6.07, 6.45) is 3.51. The van der Waals surface area contributed by atoms with Crippen LogP contribution in [0.5, 0.6) is 0 Å². The quantitative estimate of drug-likeness (QED) is 0.786. The number of halogens is 1. The zero-order valence-corrected chi connectivity index (χ0v) is 14.1. The van der Waals surface area contributed by atoms with Crippen LogP contribution in [0, 0.1) is 6.92 Å². The van der Waals surface area contributed by atoms with E-state index in [2.05, 4.69) is 4.98 Å². The van der Waals surface area contributed by atoms with Gasteiger partial charge in [-0.2, -0.15) is 0 Å². The highest BCUT2D eigenvalue weighted by Gasteiger charge is 2.37. The minimum atomic E-state index is -3.73. The number of carbonyl (C=O) groups excluding carboxylic acids is 1. The Morgan fingerprint density at radius 2 is 2.09 bits per heavy atom. The van der Waals surface area contributed by atoms with Gasteiger partial charge < -0.3 is 9.47 Å². The molecule has 122 valence electrons. The fourth-order valence-corrected chi connectivity index (χ4v) is 3.85. The topological polar surface area (TPSA) is 72.3 Å². The highest BCUT2D eigenvalue weighted by atomic mass is 35.7. The lowest BCUT2D eigenvalue weighted by Gasteiger charge is -2.19. The van der Waals surface area contributed by atoms with Gasteiger partial charge in [0.15, 0.2) is 0 Å². The Hall–Kier alpha value is -1.86. The van der Waals surface area contributed by atoms with E-state index in [1.807, 2.05) is 42.0 Å². The summed E-state index contributed by atoms with van der Waals surface area (Å²) in [6.45, 7) is 2.37. The Morgan fingerprint density at radius 1 is 1.35 bits per heavy atom. The molecule has 1 aliphatic rings. The van der Waals surface area contributed by atoms with Crippen LogP contribution >= 0.6 is 10.7 Å². The molecule has 1 fully saturated rings. The van der Waals surface area contributed by atoms with Gasteiger partial charge in [0.2, 0.25) is 15.0 Å². The molecular formula is C15H16ClN3O3S. The van der Waals surface area contributed by atoms with Crippen molar-refractivity contribution in [1.82, 2.24) is 14.5 Å². The molecule has 3 rings (SSSR count). The number of hydrogen-bond acceptors (Lipinski definition) is 4. The highest BCUT2D eigenvalue weighted by molar-refractivity contribution is 8.14. The van der Waals surface area contributed by atoms with Gasteiger partial charge in [0.1, 0.15) is 11.1 Å². The van der Waals surface area contributed by atoms with Gasteiger partial charge in [0.05, 0.1) is 5.69 Å². The molecule has 0 spiro atoms. The number of hydrogen-bond donors (Lipinski definition) is 0. The van der Waals surface area contributed by atoms with E-state index in [4.69, 9.17) is 10.7 Å². The first-order chi connectivity index (χ1) is 10.9. The highest BCUT2D eigenvalue weighted by Crippen LogP contribution is 2.25. The van der Waals surface area contributed by atoms with Crippen LogP contribution in [-0.4, -0.2) is 40.6 Å². The molecule has 0 saturated carbocycles. The first-order valence-electron chi connectivity index (χ1n) is 7.16. The second-order valence-corrected chi connectivity index (χ2v) is 8.46. The maximum atomic E-state index is 12.1. The lowest BCUT2D eigenvalue weighted by atomic mass is 10.1. The van der Waals surface area contributed by atoms with Gasteiger partial charge in [-0.15, -0.1) is 0 Å². The van der Waals surface area contributed by atoms with Crippen molar-refractivity contribution >= 4 is 25.6 Å². The molecule has 1 aromatic heterocycles. The summed E-state index contributed by atoms with van der Waals surface area (Å²) in [4.78, 5) is 17.8. The summed E-state index contributed by atoms with van der Waals surface area (Å²) in [6, 6.07) is 7.67. The van der Waals surface area contributed by atoms with Gasteiger partial charge in [-0.05, 0) is 18.6 Å². The van der Waals surface area contributed by atoms with Gasteiger partial charge in [-0.3, -0.25) is 4.79 Å². The van der Waals surface area contributed by atoms with Gasteiger partial charge >= 0.3 is 0 Å². The van der Waals surface area contributed by atoms with E-state index in [1.54, 1.807) is 6.20 Å². The molecule has 1 atom stereocenters. The Kier molecular flexibility index (Phi) is 4.16. The predicted octanol–water partition coefficient (Wildman–Crippen LogP) is 1.85. The molecule has 0 bridgehead atoms. The van der Waals surface area contributed by atoms with Crippen LogP contribution in [0.4, 0.5) is 0 Å². The Bertz CT molecular complexity index is 847. The number of nitrogens with zero attached hydrogens (tertiary/aromatic N) is 3. The molecule has 0 N–H and O–H groups in total. The Morgan fingerprint density at radius 3 is 2.70 bits per heavy atom. The van der Waals surface area contributed by atoms with E-state index in [0.29, 0.717) is 6.54 Å². The van der Waals surface area contributed by atoms with E-state index >= 15 is 0 Å². The number of aromatic nitrogens is 2. The van der Waals surface area contributed by atoms with Crippen LogP contribution in [-0.2, 0) is 20.4 Å². The summed E-state index contributed by atoms with van der Waals surface area (Å²) >= 11 is 0. The van der Waals surface area contributed by atoms with E-state index in [9.17, 15) is 13.2 Å². The smallest absolute Gasteiger partial charge is 0.237 e. The van der Waals surface area contributed by atoms with Crippen LogP contribution in [0.3, 0.4) is 0 Å². The molecule has 2 heterocycles. The van der Waals surface area contributed by atoms with E-state index < -0.39 is 14.3 Å². The average molecular weight is 354 g/mol. The number of carbonyl (C=O) groups is 1. The van der Waals surface area contributed by atoms with Crippen molar-refractivity contribution in [3.63, 3.8) is 0 Å². The molecule has 8 heteroatoms. The second kappa shape index (κ2) is 5.98. The van der Waals surface area contributed by atoms with Crippen LogP contribution in [0.15, 0.2) is 36.7 Å². The summed E-state index contributed by atoms with van der Waals surface area (Å²) in [7, 11) is 1.66. The lowest BCUT2D eigenvalue weighted by molar-refractivity contribution is -0.128. The fraction of sp³-hybridized carbons (Fsp3) is 0.333. The number of imidazole rings is 1. The molecule has 2 aromatic rings. The molecule has 23 heavy (non-hydrogen) atoms. The molecule has 1 aromatic carbocycles. The minimum Gasteiger partial charge on any atom is -0.337 e. The third-order valence-corrected chi connectivity index (χ3v) is 5.88. The van der Waals surface area contributed by atoms with Crippen molar-refractivity contribution < 1.29 is 13.2 Å². The summed E-state index contributed by atoms with van der Waals surface area (Å²) in [5.74, 6) is 0.641. The van der Waals surface area contributed by atoms with Crippen LogP contribution in [0.1, 0.15) is 17.8 Å². The van der Waals surface area contributed by atoms with Crippen LogP contribution < -0.4 is 0 Å². The Labute approximate surface area is 139 Å². The Balaban J connectivity index is 1.87. The number of rotatable bonds is 4. The van der Waals surface area contributed by atoms with Crippen molar-refractivity contribution in [1.29, 1.82) is 0 Å². The zero-order valence-electron chi connectivity index (χ0n) is 12.5. The normalized spacial score (nSPS) is 18.6.